The Kier molecular flexibility index (Phi) is 1.84. The third-order valence-corrected chi connectivity index (χ3v) is 1.43. The van der Waals surface area contributed by atoms with Crippen LogP contribution in [0.2, 0.25) is 0 Å². The summed E-state index contributed by atoms with van der Waals surface area (Å²) in [5.41, 5.74) is 1.48. The highest BCUT2D eigenvalue weighted by molar-refractivity contribution is 5.59. The third kappa shape index (κ3) is 1.19. The van der Waals surface area contributed by atoms with E-state index in [0.29, 0.717) is 0 Å². The molecule has 8 heavy (non-hydrogen) atoms. The Balaban J connectivity index is 2.50. The van der Waals surface area contributed by atoms with Gasteiger partial charge in [-0.1, -0.05) is 11.6 Å². The summed E-state index contributed by atoms with van der Waals surface area (Å²) in [6, 6.07) is 0. The quantitative estimate of drug-likeness (QED) is 0.420. The first-order valence-corrected chi connectivity index (χ1v) is 3.06. The van der Waals surface area contributed by atoms with Gasteiger partial charge >= 0.3 is 0 Å². The minimum Gasteiger partial charge on any atom is -0.293 e. The minimum absolute atomic E-state index is 0.941. The van der Waals surface area contributed by atoms with Crippen LogP contribution >= 0.6 is 0 Å². The zero-order valence-electron chi connectivity index (χ0n) is 5.22. The molecule has 1 aliphatic rings. The van der Waals surface area contributed by atoms with Gasteiger partial charge in [-0.3, -0.25) is 4.99 Å². The molecule has 0 atom stereocenters. The first-order valence-electron chi connectivity index (χ1n) is 3.06. The van der Waals surface area contributed by atoms with Gasteiger partial charge in [0.2, 0.25) is 0 Å². The van der Waals surface area contributed by atoms with E-state index in [1.165, 1.54) is 12.0 Å². The van der Waals surface area contributed by atoms with Crippen LogP contribution in [-0.4, -0.2) is 12.8 Å². The Labute approximate surface area is 50.1 Å². The number of allylic oxidation sites excluding steroid dienone is 1. The van der Waals surface area contributed by atoms with Crippen LogP contribution in [0, 0.1) is 0 Å². The maximum atomic E-state index is 4.14. The molecule has 1 aliphatic heterocycles. The largest absolute Gasteiger partial charge is 0.293 e. The molecule has 0 aromatic heterocycles. The lowest BCUT2D eigenvalue weighted by Gasteiger charge is -2.04. The van der Waals surface area contributed by atoms with E-state index in [4.69, 9.17) is 0 Å². The summed E-state index contributed by atoms with van der Waals surface area (Å²) in [6.45, 7) is 3.02. The van der Waals surface area contributed by atoms with E-state index in [2.05, 4.69) is 18.0 Å². The van der Waals surface area contributed by atoms with Crippen molar-refractivity contribution >= 4 is 6.21 Å². The average molecular weight is 109 g/mol. The predicted molar refractivity (Wildman–Crippen MR) is 36.4 cm³/mol. The first-order chi connectivity index (χ1) is 3.93. The zero-order chi connectivity index (χ0) is 5.82. The molecule has 1 nitrogen and oxygen atoms in total. The fourth-order valence-electron chi connectivity index (χ4n) is 0.838. The van der Waals surface area contributed by atoms with Crippen LogP contribution in [0.4, 0.5) is 0 Å². The molecule has 0 radical (unpaired) electrons. The van der Waals surface area contributed by atoms with E-state index in [9.17, 15) is 0 Å². The van der Waals surface area contributed by atoms with E-state index in [1.54, 1.807) is 0 Å². The van der Waals surface area contributed by atoms with Gasteiger partial charge in [-0.25, -0.2) is 0 Å². The molecule has 0 saturated heterocycles. The lowest BCUT2D eigenvalue weighted by molar-refractivity contribution is 0.918. The van der Waals surface area contributed by atoms with E-state index < -0.39 is 0 Å². The Hall–Kier alpha value is -0.590. The van der Waals surface area contributed by atoms with Gasteiger partial charge in [0.15, 0.2) is 0 Å². The van der Waals surface area contributed by atoms with Crippen molar-refractivity contribution < 1.29 is 0 Å². The molecule has 1 rings (SSSR count). The molecule has 0 saturated carbocycles. The van der Waals surface area contributed by atoms with Gasteiger partial charge < -0.3 is 0 Å². The molecule has 0 fully saturated rings. The molecule has 0 N–H and O–H groups in total. The fourth-order valence-corrected chi connectivity index (χ4v) is 0.838. The van der Waals surface area contributed by atoms with Crippen molar-refractivity contribution in [1.29, 1.82) is 0 Å². The van der Waals surface area contributed by atoms with Crippen LogP contribution in [0.5, 0.6) is 0 Å². The van der Waals surface area contributed by atoms with Crippen LogP contribution in [0.3, 0.4) is 0 Å². The summed E-state index contributed by atoms with van der Waals surface area (Å²) in [5.74, 6) is 0. The van der Waals surface area contributed by atoms with Gasteiger partial charge in [0.05, 0.1) is 6.54 Å². The summed E-state index contributed by atoms with van der Waals surface area (Å²) in [7, 11) is 0. The van der Waals surface area contributed by atoms with Crippen molar-refractivity contribution in [1.82, 2.24) is 0 Å². The molecule has 1 heterocycles. The summed E-state index contributed by atoms with van der Waals surface area (Å²) in [6.07, 6.45) is 6.53. The summed E-state index contributed by atoms with van der Waals surface area (Å²) < 4.78 is 0. The van der Waals surface area contributed by atoms with Gasteiger partial charge in [0.25, 0.3) is 0 Å². The SMILES string of the molecule is C/C=C1/CCC=NC1. The Morgan fingerprint density at radius 1 is 1.75 bits per heavy atom. The van der Waals surface area contributed by atoms with Gasteiger partial charge in [-0.15, -0.1) is 0 Å². The van der Waals surface area contributed by atoms with E-state index >= 15 is 0 Å². The number of hydrogen-bond acceptors (Lipinski definition) is 1. The van der Waals surface area contributed by atoms with E-state index in [0.717, 1.165) is 13.0 Å². The molecule has 1 heteroatoms. The number of rotatable bonds is 0. The van der Waals surface area contributed by atoms with Crippen LogP contribution in [0.25, 0.3) is 0 Å². The predicted octanol–water partition coefficient (Wildman–Crippen LogP) is 1.80. The second-order valence-corrected chi connectivity index (χ2v) is 2.01. The molecular formula is C7H11N. The van der Waals surface area contributed by atoms with Crippen molar-refractivity contribution in [3.05, 3.63) is 11.6 Å². The molecule has 0 unspecified atom stereocenters. The lowest BCUT2D eigenvalue weighted by atomic mass is 10.1. The standard InChI is InChI=1S/C7H11N/c1-2-7-4-3-5-8-6-7/h2,5H,3-4,6H2,1H3/b7-2-. The zero-order valence-corrected chi connectivity index (χ0v) is 5.22. The maximum absolute atomic E-state index is 4.14. The molecule has 0 bridgehead atoms. The summed E-state index contributed by atoms with van der Waals surface area (Å²) >= 11 is 0. The minimum atomic E-state index is 0.941. The molecule has 0 spiro atoms. The Morgan fingerprint density at radius 3 is 3.00 bits per heavy atom. The topological polar surface area (TPSA) is 12.4 Å². The monoisotopic (exact) mass is 109 g/mol. The second-order valence-electron chi connectivity index (χ2n) is 2.01. The molecule has 0 aromatic rings. The Bertz CT molecular complexity index is 122. The molecule has 0 amide bonds. The number of nitrogens with zero attached hydrogens (tertiary/aromatic N) is 1. The highest BCUT2D eigenvalue weighted by Crippen LogP contribution is 2.07. The summed E-state index contributed by atoms with van der Waals surface area (Å²) in [4.78, 5) is 4.14. The molecular weight excluding hydrogens is 98.1 g/mol. The lowest BCUT2D eigenvalue weighted by Crippen LogP contribution is -1.95. The van der Waals surface area contributed by atoms with Crippen molar-refractivity contribution in [2.45, 2.75) is 19.8 Å². The molecule has 0 aromatic carbocycles. The van der Waals surface area contributed by atoms with Gasteiger partial charge in [0, 0.05) is 0 Å². The second kappa shape index (κ2) is 2.65. The highest BCUT2D eigenvalue weighted by Gasteiger charge is 1.96. The average Bonchev–Trinajstić information content (AvgIpc) is 1.90. The third-order valence-electron chi connectivity index (χ3n) is 1.43. The fraction of sp³-hybridized carbons (Fsp3) is 0.571. The van der Waals surface area contributed by atoms with E-state index in [-0.39, 0.29) is 0 Å². The first kappa shape index (κ1) is 5.54. The van der Waals surface area contributed by atoms with Crippen LogP contribution in [-0.2, 0) is 0 Å². The van der Waals surface area contributed by atoms with Crippen LogP contribution in [0.15, 0.2) is 16.6 Å². The van der Waals surface area contributed by atoms with Crippen molar-refractivity contribution in [2.24, 2.45) is 4.99 Å². The molecule has 44 valence electrons. The summed E-state index contributed by atoms with van der Waals surface area (Å²) in [5, 5.41) is 0. The van der Waals surface area contributed by atoms with Crippen molar-refractivity contribution in [3.63, 3.8) is 0 Å². The highest BCUT2D eigenvalue weighted by atomic mass is 14.7. The van der Waals surface area contributed by atoms with Gasteiger partial charge in [-0.2, -0.15) is 0 Å². The number of hydrogen-bond donors (Lipinski definition) is 0. The van der Waals surface area contributed by atoms with Crippen molar-refractivity contribution in [2.75, 3.05) is 6.54 Å². The number of aliphatic imine (C=N–C) groups is 1. The molecule has 0 aliphatic carbocycles. The van der Waals surface area contributed by atoms with E-state index in [1.807, 2.05) is 6.21 Å². The maximum Gasteiger partial charge on any atom is 0.0595 e. The smallest absolute Gasteiger partial charge is 0.0595 e. The normalized spacial score (nSPS) is 24.4. The van der Waals surface area contributed by atoms with Crippen molar-refractivity contribution in [3.8, 4) is 0 Å². The van der Waals surface area contributed by atoms with Gasteiger partial charge in [0.1, 0.15) is 0 Å². The van der Waals surface area contributed by atoms with Crippen LogP contribution < -0.4 is 0 Å². The Morgan fingerprint density at radius 2 is 2.62 bits per heavy atom. The van der Waals surface area contributed by atoms with Gasteiger partial charge in [-0.05, 0) is 26.0 Å². The van der Waals surface area contributed by atoms with Crippen LogP contribution in [0.1, 0.15) is 19.8 Å².